The molecule has 0 atom stereocenters. The molecule has 2 aromatic carbocycles. The molecule has 0 aliphatic heterocycles. The molecule has 0 radical (unpaired) electrons. The molecule has 0 unspecified atom stereocenters. The van der Waals surface area contributed by atoms with E-state index in [9.17, 15) is 9.59 Å². The molecule has 1 aromatic heterocycles. The molecule has 1 saturated carbocycles. The minimum atomic E-state index is -0.277. The van der Waals surface area contributed by atoms with Crippen molar-refractivity contribution in [1.82, 2.24) is 9.88 Å². The normalized spacial score (nSPS) is 14.6. The van der Waals surface area contributed by atoms with Crippen LogP contribution in [0.25, 0.3) is 10.9 Å². The van der Waals surface area contributed by atoms with Crippen LogP contribution in [0.3, 0.4) is 0 Å². The average Bonchev–Trinajstić information content (AvgIpc) is 3.01. The maximum absolute atomic E-state index is 13.0. The lowest BCUT2D eigenvalue weighted by Crippen LogP contribution is -2.36. The number of rotatable bonds is 4. The molecular formula is C24H26ClN3O2. The second kappa shape index (κ2) is 8.52. The van der Waals surface area contributed by atoms with Gasteiger partial charge in [-0.1, -0.05) is 49.1 Å². The third kappa shape index (κ3) is 3.94. The van der Waals surface area contributed by atoms with E-state index in [-0.39, 0.29) is 17.9 Å². The van der Waals surface area contributed by atoms with E-state index in [1.54, 1.807) is 16.7 Å². The Hall–Kier alpha value is -2.79. The van der Waals surface area contributed by atoms with E-state index < -0.39 is 0 Å². The highest BCUT2D eigenvalue weighted by molar-refractivity contribution is 6.39. The van der Waals surface area contributed by atoms with Crippen LogP contribution in [0.15, 0.2) is 42.5 Å². The number of carbonyl (C=O) groups excluding carboxylic acids is 2. The number of carbonyl (C=O) groups is 2. The Morgan fingerprint density at radius 2 is 1.77 bits per heavy atom. The van der Waals surface area contributed by atoms with Gasteiger partial charge in [0, 0.05) is 35.2 Å². The standard InChI is InChI=1S/C24H26ClN3O2/c1-15-14-16(23(29)26-17-8-4-3-5-9-17)12-13-19(15)27-24(30)22-21(25)18-10-6-7-11-20(18)28(22)2/h6-7,10-14,17H,3-5,8-9H2,1-2H3,(H,26,29)(H,27,30). The van der Waals surface area contributed by atoms with Crippen LogP contribution in [-0.2, 0) is 7.05 Å². The van der Waals surface area contributed by atoms with Crippen LogP contribution in [0.1, 0.15) is 58.5 Å². The Morgan fingerprint density at radius 1 is 1.03 bits per heavy atom. The number of para-hydroxylation sites is 1. The van der Waals surface area contributed by atoms with Gasteiger partial charge < -0.3 is 15.2 Å². The lowest BCUT2D eigenvalue weighted by molar-refractivity contribution is 0.0927. The summed E-state index contributed by atoms with van der Waals surface area (Å²) in [5, 5.41) is 7.35. The Morgan fingerprint density at radius 3 is 2.47 bits per heavy atom. The second-order valence-electron chi connectivity index (χ2n) is 8.03. The smallest absolute Gasteiger partial charge is 0.273 e. The topological polar surface area (TPSA) is 63.1 Å². The van der Waals surface area contributed by atoms with Crippen molar-refractivity contribution in [2.24, 2.45) is 7.05 Å². The fraction of sp³-hybridized carbons (Fsp3) is 0.333. The first-order valence-corrected chi connectivity index (χ1v) is 10.8. The van der Waals surface area contributed by atoms with E-state index in [0.717, 1.165) is 29.3 Å². The summed E-state index contributed by atoms with van der Waals surface area (Å²) in [6.45, 7) is 1.89. The van der Waals surface area contributed by atoms with E-state index >= 15 is 0 Å². The third-order valence-electron chi connectivity index (χ3n) is 5.94. The number of amides is 2. The van der Waals surface area contributed by atoms with Crippen LogP contribution >= 0.6 is 11.6 Å². The van der Waals surface area contributed by atoms with Crippen LogP contribution in [-0.4, -0.2) is 22.4 Å². The summed E-state index contributed by atoms with van der Waals surface area (Å²) in [5.41, 5.74) is 3.42. The molecule has 1 fully saturated rings. The van der Waals surface area contributed by atoms with Crippen molar-refractivity contribution in [1.29, 1.82) is 0 Å². The molecule has 0 spiro atoms. The number of halogens is 1. The van der Waals surface area contributed by atoms with E-state index in [0.29, 0.717) is 22.0 Å². The van der Waals surface area contributed by atoms with E-state index in [1.807, 2.05) is 44.3 Å². The zero-order valence-electron chi connectivity index (χ0n) is 17.3. The van der Waals surface area contributed by atoms with Crippen molar-refractivity contribution in [2.45, 2.75) is 45.1 Å². The van der Waals surface area contributed by atoms with Crippen LogP contribution in [0, 0.1) is 6.92 Å². The summed E-state index contributed by atoms with van der Waals surface area (Å²) >= 11 is 6.49. The highest BCUT2D eigenvalue weighted by Gasteiger charge is 2.21. The quantitative estimate of drug-likeness (QED) is 0.585. The summed E-state index contributed by atoms with van der Waals surface area (Å²) in [4.78, 5) is 25.6. The molecule has 1 aliphatic carbocycles. The molecule has 2 amide bonds. The van der Waals surface area contributed by atoms with Gasteiger partial charge >= 0.3 is 0 Å². The molecule has 1 heterocycles. The number of benzene rings is 2. The zero-order chi connectivity index (χ0) is 21.3. The first kappa shape index (κ1) is 20.5. The van der Waals surface area contributed by atoms with Gasteiger partial charge in [-0.05, 0) is 49.6 Å². The number of nitrogens with one attached hydrogen (secondary N) is 2. The predicted octanol–water partition coefficient (Wildman–Crippen LogP) is 5.45. The fourth-order valence-electron chi connectivity index (χ4n) is 4.24. The number of aromatic nitrogens is 1. The molecular weight excluding hydrogens is 398 g/mol. The molecule has 4 rings (SSSR count). The molecule has 6 heteroatoms. The largest absolute Gasteiger partial charge is 0.349 e. The summed E-state index contributed by atoms with van der Waals surface area (Å²) in [6.07, 6.45) is 5.69. The van der Waals surface area contributed by atoms with Gasteiger partial charge in [-0.2, -0.15) is 0 Å². The van der Waals surface area contributed by atoms with Crippen LogP contribution in [0.4, 0.5) is 5.69 Å². The fourth-order valence-corrected chi connectivity index (χ4v) is 4.61. The monoisotopic (exact) mass is 423 g/mol. The minimum Gasteiger partial charge on any atom is -0.349 e. The van der Waals surface area contributed by atoms with Crippen molar-refractivity contribution in [3.63, 3.8) is 0 Å². The van der Waals surface area contributed by atoms with Gasteiger partial charge in [0.05, 0.1) is 5.02 Å². The van der Waals surface area contributed by atoms with Crippen LogP contribution in [0.2, 0.25) is 5.02 Å². The first-order valence-electron chi connectivity index (χ1n) is 10.4. The van der Waals surface area contributed by atoms with Crippen LogP contribution < -0.4 is 10.6 Å². The third-order valence-corrected chi connectivity index (χ3v) is 6.32. The summed E-state index contributed by atoms with van der Waals surface area (Å²) in [5.74, 6) is -0.333. The highest BCUT2D eigenvalue weighted by atomic mass is 35.5. The number of anilines is 1. The van der Waals surface area contributed by atoms with E-state index in [4.69, 9.17) is 11.6 Å². The van der Waals surface area contributed by atoms with Gasteiger partial charge in [-0.25, -0.2) is 0 Å². The number of hydrogen-bond donors (Lipinski definition) is 2. The minimum absolute atomic E-state index is 0.0559. The van der Waals surface area contributed by atoms with Gasteiger partial charge in [0.15, 0.2) is 0 Å². The second-order valence-corrected chi connectivity index (χ2v) is 8.41. The molecule has 0 saturated heterocycles. The van der Waals surface area contributed by atoms with E-state index in [1.165, 1.54) is 19.3 Å². The van der Waals surface area contributed by atoms with Crippen molar-refractivity contribution < 1.29 is 9.59 Å². The Labute approximate surface area is 181 Å². The van der Waals surface area contributed by atoms with Gasteiger partial charge in [0.2, 0.25) is 0 Å². The van der Waals surface area contributed by atoms with Crippen molar-refractivity contribution in [3.05, 3.63) is 64.3 Å². The van der Waals surface area contributed by atoms with Crippen molar-refractivity contribution in [2.75, 3.05) is 5.32 Å². The van der Waals surface area contributed by atoms with Crippen molar-refractivity contribution >= 4 is 40.0 Å². The first-order chi connectivity index (χ1) is 14.5. The van der Waals surface area contributed by atoms with Crippen molar-refractivity contribution in [3.8, 4) is 0 Å². The Kier molecular flexibility index (Phi) is 5.82. The molecule has 0 bridgehead atoms. The molecule has 30 heavy (non-hydrogen) atoms. The Bertz CT molecular complexity index is 1070. The molecule has 1 aliphatic rings. The number of fused-ring (bicyclic) bond motifs is 1. The number of nitrogens with zero attached hydrogens (tertiary/aromatic N) is 1. The predicted molar refractivity (Wildman–Crippen MR) is 121 cm³/mol. The lowest BCUT2D eigenvalue weighted by Gasteiger charge is -2.23. The Balaban J connectivity index is 1.51. The summed E-state index contributed by atoms with van der Waals surface area (Å²) in [6, 6.07) is 13.3. The maximum atomic E-state index is 13.0. The van der Waals surface area contributed by atoms with Crippen LogP contribution in [0.5, 0.6) is 0 Å². The summed E-state index contributed by atoms with van der Waals surface area (Å²) in [7, 11) is 1.83. The van der Waals surface area contributed by atoms with Gasteiger partial charge in [-0.15, -0.1) is 0 Å². The maximum Gasteiger partial charge on any atom is 0.273 e. The number of aryl methyl sites for hydroxylation is 2. The van der Waals surface area contributed by atoms with Gasteiger partial charge in [0.1, 0.15) is 5.69 Å². The SMILES string of the molecule is Cc1cc(C(=O)NC2CCCCC2)ccc1NC(=O)c1c(Cl)c2ccccc2n1C. The highest BCUT2D eigenvalue weighted by Crippen LogP contribution is 2.30. The molecule has 3 aromatic rings. The summed E-state index contributed by atoms with van der Waals surface area (Å²) < 4.78 is 1.80. The van der Waals surface area contributed by atoms with Gasteiger partial charge in [0.25, 0.3) is 11.8 Å². The average molecular weight is 424 g/mol. The van der Waals surface area contributed by atoms with E-state index in [2.05, 4.69) is 10.6 Å². The molecule has 156 valence electrons. The van der Waals surface area contributed by atoms with Gasteiger partial charge in [-0.3, -0.25) is 9.59 Å². The number of hydrogen-bond acceptors (Lipinski definition) is 2. The molecule has 5 nitrogen and oxygen atoms in total. The zero-order valence-corrected chi connectivity index (χ0v) is 18.1. The molecule has 2 N–H and O–H groups in total. The lowest BCUT2D eigenvalue weighted by atomic mass is 9.95.